The summed E-state index contributed by atoms with van der Waals surface area (Å²) >= 11 is 0. The Morgan fingerprint density at radius 3 is 2.59 bits per heavy atom. The molecular formula is C23H19NO5. The number of Topliss-reactive ketones (excluding diaryl/α,β-unsaturated/α-hetero) is 1. The molecule has 0 fully saturated rings. The van der Waals surface area contributed by atoms with Crippen LogP contribution in [-0.4, -0.2) is 22.8 Å². The number of ether oxygens (including phenoxy) is 1. The van der Waals surface area contributed by atoms with Crippen LogP contribution < -0.4 is 5.43 Å². The molecule has 0 spiro atoms. The van der Waals surface area contributed by atoms with E-state index in [-0.39, 0.29) is 17.0 Å². The highest BCUT2D eigenvalue weighted by Gasteiger charge is 2.26. The summed E-state index contributed by atoms with van der Waals surface area (Å²) in [4.78, 5) is 40.9. The zero-order chi connectivity index (χ0) is 20.7. The van der Waals surface area contributed by atoms with E-state index < -0.39 is 12.1 Å². The van der Waals surface area contributed by atoms with Crippen molar-refractivity contribution < 1.29 is 18.7 Å². The van der Waals surface area contributed by atoms with Crippen molar-refractivity contribution in [1.29, 1.82) is 0 Å². The first-order valence-electron chi connectivity index (χ1n) is 9.22. The Morgan fingerprint density at radius 1 is 1.03 bits per heavy atom. The zero-order valence-electron chi connectivity index (χ0n) is 16.2. The van der Waals surface area contributed by atoms with Crippen LogP contribution in [0.25, 0.3) is 21.9 Å². The van der Waals surface area contributed by atoms with Crippen LogP contribution >= 0.6 is 0 Å². The van der Waals surface area contributed by atoms with Crippen LogP contribution in [0.1, 0.15) is 39.1 Å². The molecule has 1 atom stereocenters. The van der Waals surface area contributed by atoms with Crippen LogP contribution in [0.15, 0.2) is 57.7 Å². The third kappa shape index (κ3) is 3.33. The van der Waals surface area contributed by atoms with E-state index in [1.165, 1.54) is 6.92 Å². The summed E-state index contributed by atoms with van der Waals surface area (Å²) in [5.74, 6) is -1.42. The summed E-state index contributed by atoms with van der Waals surface area (Å²) in [5, 5.41) is 1.16. The van der Waals surface area contributed by atoms with Gasteiger partial charge in [-0.1, -0.05) is 29.8 Å². The molecule has 0 saturated carbocycles. The molecule has 0 aliphatic heterocycles. The fourth-order valence-corrected chi connectivity index (χ4v) is 3.44. The van der Waals surface area contributed by atoms with Gasteiger partial charge < -0.3 is 14.1 Å². The number of para-hydroxylation sites is 1. The van der Waals surface area contributed by atoms with Crippen molar-refractivity contribution in [2.75, 3.05) is 0 Å². The zero-order valence-corrected chi connectivity index (χ0v) is 16.2. The third-order valence-corrected chi connectivity index (χ3v) is 4.88. The van der Waals surface area contributed by atoms with Crippen molar-refractivity contribution in [3.05, 3.63) is 81.3 Å². The Hall–Kier alpha value is -3.67. The lowest BCUT2D eigenvalue weighted by Crippen LogP contribution is -2.25. The van der Waals surface area contributed by atoms with Gasteiger partial charge in [0.1, 0.15) is 5.58 Å². The van der Waals surface area contributed by atoms with Gasteiger partial charge in [-0.3, -0.25) is 9.59 Å². The summed E-state index contributed by atoms with van der Waals surface area (Å²) in [7, 11) is 0. The lowest BCUT2D eigenvalue weighted by atomic mass is 10.0. The van der Waals surface area contributed by atoms with Gasteiger partial charge in [0.15, 0.2) is 11.5 Å². The van der Waals surface area contributed by atoms with Crippen LogP contribution in [0.5, 0.6) is 0 Å². The van der Waals surface area contributed by atoms with Crippen molar-refractivity contribution >= 4 is 33.6 Å². The molecule has 0 aliphatic carbocycles. The van der Waals surface area contributed by atoms with Crippen LogP contribution in [0, 0.1) is 13.8 Å². The molecule has 29 heavy (non-hydrogen) atoms. The number of H-pyrrole nitrogens is 1. The monoisotopic (exact) mass is 389 g/mol. The normalized spacial score (nSPS) is 12.2. The topological polar surface area (TPSA) is 89.4 Å². The summed E-state index contributed by atoms with van der Waals surface area (Å²) in [6, 6.07) is 13.6. The smallest absolute Gasteiger partial charge is 0.375 e. The molecule has 146 valence electrons. The molecule has 4 rings (SSSR count). The molecule has 1 N–H and O–H groups in total. The largest absolute Gasteiger partial charge is 0.449 e. The lowest BCUT2D eigenvalue weighted by Gasteiger charge is -2.12. The van der Waals surface area contributed by atoms with Gasteiger partial charge in [0.2, 0.25) is 11.5 Å². The summed E-state index contributed by atoms with van der Waals surface area (Å²) in [6.07, 6.45) is -1.04. The number of fused-ring (bicyclic) bond motifs is 2. The second-order valence-corrected chi connectivity index (χ2v) is 7.06. The SMILES string of the molecule is Cc1ccc2oc(C(=O)O[C@@H](C)C(=O)c3c(C)[nH]c4ccccc34)cc(=O)c2c1. The molecule has 4 aromatic rings. The number of carbonyl (C=O) groups is 2. The molecule has 2 aromatic carbocycles. The van der Waals surface area contributed by atoms with Gasteiger partial charge in [-0.2, -0.15) is 0 Å². The number of aromatic amines is 1. The maximum atomic E-state index is 12.9. The van der Waals surface area contributed by atoms with Crippen molar-refractivity contribution in [1.82, 2.24) is 4.98 Å². The number of aromatic nitrogens is 1. The number of hydrogen-bond acceptors (Lipinski definition) is 5. The van der Waals surface area contributed by atoms with E-state index in [4.69, 9.17) is 9.15 Å². The minimum Gasteiger partial charge on any atom is -0.449 e. The minimum absolute atomic E-state index is 0.235. The van der Waals surface area contributed by atoms with Gasteiger partial charge in [-0.15, -0.1) is 0 Å². The molecule has 0 radical (unpaired) electrons. The minimum atomic E-state index is -1.04. The molecular weight excluding hydrogens is 370 g/mol. The van der Waals surface area contributed by atoms with Crippen molar-refractivity contribution in [3.63, 3.8) is 0 Å². The molecule has 0 aliphatic rings. The van der Waals surface area contributed by atoms with Crippen molar-refractivity contribution in [2.24, 2.45) is 0 Å². The molecule has 0 bridgehead atoms. The number of aryl methyl sites for hydroxylation is 2. The van der Waals surface area contributed by atoms with Gasteiger partial charge in [-0.25, -0.2) is 4.79 Å². The summed E-state index contributed by atoms with van der Waals surface area (Å²) < 4.78 is 10.9. The first kappa shape index (κ1) is 18.7. The Balaban J connectivity index is 1.62. The van der Waals surface area contributed by atoms with Gasteiger partial charge in [-0.05, 0) is 39.0 Å². The van der Waals surface area contributed by atoms with E-state index in [1.807, 2.05) is 31.2 Å². The molecule has 2 aromatic heterocycles. The van der Waals surface area contributed by atoms with E-state index in [0.717, 1.165) is 22.5 Å². The van der Waals surface area contributed by atoms with E-state index in [2.05, 4.69) is 4.98 Å². The number of benzene rings is 2. The molecule has 0 amide bonds. The maximum absolute atomic E-state index is 12.9. The summed E-state index contributed by atoms with van der Waals surface area (Å²) in [5.41, 5.74) is 2.88. The van der Waals surface area contributed by atoms with Crippen LogP contribution in [0.3, 0.4) is 0 Å². The van der Waals surface area contributed by atoms with Crippen LogP contribution in [0.4, 0.5) is 0 Å². The highest BCUT2D eigenvalue weighted by atomic mass is 16.6. The van der Waals surface area contributed by atoms with Crippen molar-refractivity contribution in [3.8, 4) is 0 Å². The molecule has 0 saturated heterocycles. The Bertz CT molecular complexity index is 1330. The average molecular weight is 389 g/mol. The van der Waals surface area contributed by atoms with Gasteiger partial charge in [0.25, 0.3) is 0 Å². The van der Waals surface area contributed by atoms with Crippen LogP contribution in [-0.2, 0) is 4.74 Å². The van der Waals surface area contributed by atoms with Gasteiger partial charge in [0.05, 0.1) is 5.39 Å². The molecule has 0 unspecified atom stereocenters. The Kier molecular flexibility index (Phi) is 4.54. The predicted octanol–water partition coefficient (Wildman–Crippen LogP) is 4.32. The number of hydrogen-bond donors (Lipinski definition) is 1. The summed E-state index contributed by atoms with van der Waals surface area (Å²) in [6.45, 7) is 5.16. The highest BCUT2D eigenvalue weighted by Crippen LogP contribution is 2.24. The number of ketones is 1. The Labute approximate surface area is 166 Å². The molecule has 2 heterocycles. The third-order valence-electron chi connectivity index (χ3n) is 4.88. The maximum Gasteiger partial charge on any atom is 0.375 e. The number of esters is 1. The van der Waals surface area contributed by atoms with Gasteiger partial charge in [0, 0.05) is 28.2 Å². The molecule has 6 nitrogen and oxygen atoms in total. The number of rotatable bonds is 4. The number of carbonyl (C=O) groups excluding carboxylic acids is 2. The average Bonchev–Trinajstić information content (AvgIpc) is 3.03. The first-order chi connectivity index (χ1) is 13.8. The molecule has 6 heteroatoms. The van der Waals surface area contributed by atoms with Gasteiger partial charge >= 0.3 is 5.97 Å². The highest BCUT2D eigenvalue weighted by molar-refractivity contribution is 6.11. The standard InChI is InChI=1S/C23H19NO5/c1-12-8-9-19-16(10-12)18(25)11-20(29-19)23(27)28-14(3)22(26)21-13(2)24-17-7-5-4-6-15(17)21/h4-11,14,24H,1-3H3/t14-/m0/s1. The fraction of sp³-hybridized carbons (Fsp3) is 0.174. The number of nitrogens with one attached hydrogen (secondary N) is 1. The van der Waals surface area contributed by atoms with E-state index in [9.17, 15) is 14.4 Å². The van der Waals surface area contributed by atoms with E-state index in [0.29, 0.717) is 22.2 Å². The van der Waals surface area contributed by atoms with E-state index in [1.54, 1.807) is 25.1 Å². The second-order valence-electron chi connectivity index (χ2n) is 7.06. The van der Waals surface area contributed by atoms with Crippen molar-refractivity contribution in [2.45, 2.75) is 26.9 Å². The fourth-order valence-electron chi connectivity index (χ4n) is 3.44. The lowest BCUT2D eigenvalue weighted by molar-refractivity contribution is 0.0290. The Morgan fingerprint density at radius 2 is 1.79 bits per heavy atom. The predicted molar refractivity (Wildman–Crippen MR) is 109 cm³/mol. The van der Waals surface area contributed by atoms with E-state index >= 15 is 0 Å². The second kappa shape index (κ2) is 7.05. The quantitative estimate of drug-likeness (QED) is 0.415. The first-order valence-corrected chi connectivity index (χ1v) is 9.22. The van der Waals surface area contributed by atoms with Crippen LogP contribution in [0.2, 0.25) is 0 Å².